The molecule has 0 saturated heterocycles. The van der Waals surface area contributed by atoms with E-state index in [1.54, 1.807) is 66.7 Å². The number of halogens is 2. The molecule has 5 rings (SSSR count). The van der Waals surface area contributed by atoms with Crippen LogP contribution in [0.3, 0.4) is 0 Å². The third kappa shape index (κ3) is 3.09. The van der Waals surface area contributed by atoms with Gasteiger partial charge >= 0.3 is 0 Å². The monoisotopic (exact) mass is 451 g/mol. The molecule has 0 spiro atoms. The summed E-state index contributed by atoms with van der Waals surface area (Å²) >= 11 is 12.4. The van der Waals surface area contributed by atoms with Crippen molar-refractivity contribution in [1.29, 1.82) is 0 Å². The second-order valence-electron chi connectivity index (χ2n) is 7.12. The zero-order valence-corrected chi connectivity index (χ0v) is 17.8. The predicted molar refractivity (Wildman–Crippen MR) is 121 cm³/mol. The van der Waals surface area contributed by atoms with Crippen molar-refractivity contribution in [2.24, 2.45) is 0 Å². The highest BCUT2D eigenvalue weighted by molar-refractivity contribution is 6.32. The number of methoxy groups -OCH3 is 1. The normalized spacial score (nSPS) is 15.4. The van der Waals surface area contributed by atoms with Crippen molar-refractivity contribution in [3.63, 3.8) is 0 Å². The molecule has 1 aromatic heterocycles. The molecule has 1 unspecified atom stereocenters. The van der Waals surface area contributed by atoms with Crippen LogP contribution in [-0.4, -0.2) is 13.0 Å². The summed E-state index contributed by atoms with van der Waals surface area (Å²) in [6, 6.07) is 18.3. The first-order valence-electron chi connectivity index (χ1n) is 9.48. The van der Waals surface area contributed by atoms with Crippen molar-refractivity contribution in [3.8, 4) is 5.75 Å². The average Bonchev–Trinajstić information content (AvgIpc) is 3.07. The Morgan fingerprint density at radius 2 is 1.71 bits per heavy atom. The molecule has 0 radical (unpaired) electrons. The number of fused-ring (bicyclic) bond motifs is 2. The van der Waals surface area contributed by atoms with E-state index in [1.165, 1.54) is 12.0 Å². The number of ether oxygens (including phenoxy) is 1. The van der Waals surface area contributed by atoms with Crippen LogP contribution in [0.5, 0.6) is 5.75 Å². The molecule has 1 aliphatic heterocycles. The number of nitrogens with zero attached hydrogens (tertiary/aromatic N) is 1. The van der Waals surface area contributed by atoms with Gasteiger partial charge in [0, 0.05) is 10.7 Å². The van der Waals surface area contributed by atoms with Crippen molar-refractivity contribution in [2.45, 2.75) is 6.04 Å². The van der Waals surface area contributed by atoms with E-state index in [9.17, 15) is 9.59 Å². The molecule has 0 fully saturated rings. The van der Waals surface area contributed by atoms with Crippen molar-refractivity contribution >= 4 is 45.8 Å². The largest absolute Gasteiger partial charge is 0.495 e. The predicted octanol–water partition coefficient (Wildman–Crippen LogP) is 5.86. The smallest absolute Gasteiger partial charge is 0.295 e. The lowest BCUT2D eigenvalue weighted by Crippen LogP contribution is -2.29. The highest BCUT2D eigenvalue weighted by Crippen LogP contribution is 2.43. The van der Waals surface area contributed by atoms with Gasteiger partial charge in [-0.25, -0.2) is 0 Å². The quantitative estimate of drug-likeness (QED) is 0.391. The van der Waals surface area contributed by atoms with Crippen LogP contribution in [0.25, 0.3) is 11.0 Å². The molecule has 3 aromatic carbocycles. The number of rotatable bonds is 3. The third-order valence-electron chi connectivity index (χ3n) is 5.38. The molecule has 1 atom stereocenters. The van der Waals surface area contributed by atoms with E-state index in [-0.39, 0.29) is 16.8 Å². The number of anilines is 1. The minimum Gasteiger partial charge on any atom is -0.495 e. The Labute approximate surface area is 187 Å². The molecule has 5 nitrogen and oxygen atoms in total. The molecular weight excluding hydrogens is 437 g/mol. The third-order valence-corrected chi connectivity index (χ3v) is 5.92. The summed E-state index contributed by atoms with van der Waals surface area (Å²) in [4.78, 5) is 28.5. The lowest BCUT2D eigenvalue weighted by atomic mass is 9.98. The number of para-hydroxylation sites is 1. The number of benzene rings is 3. The molecule has 2 heterocycles. The maximum absolute atomic E-state index is 13.5. The SMILES string of the molecule is COc1ccc(N2C(=O)c3oc4ccccc4c(=O)c3C2c2ccc(Cl)cc2)cc1Cl. The summed E-state index contributed by atoms with van der Waals surface area (Å²) < 4.78 is 11.2. The lowest BCUT2D eigenvalue weighted by Gasteiger charge is -2.25. The molecule has 0 bridgehead atoms. The number of carbonyl (C=O) groups is 1. The summed E-state index contributed by atoms with van der Waals surface area (Å²) in [7, 11) is 1.52. The topological polar surface area (TPSA) is 59.8 Å². The van der Waals surface area contributed by atoms with Gasteiger partial charge in [0.15, 0.2) is 5.43 Å². The van der Waals surface area contributed by atoms with Gasteiger partial charge in [-0.3, -0.25) is 14.5 Å². The molecule has 7 heteroatoms. The Bertz CT molecular complexity index is 1400. The molecule has 154 valence electrons. The molecule has 0 N–H and O–H groups in total. The first kappa shape index (κ1) is 19.7. The molecule has 31 heavy (non-hydrogen) atoms. The maximum Gasteiger partial charge on any atom is 0.295 e. The molecule has 1 aliphatic rings. The Morgan fingerprint density at radius 1 is 0.968 bits per heavy atom. The van der Waals surface area contributed by atoms with Gasteiger partial charge in [0.2, 0.25) is 5.76 Å². The van der Waals surface area contributed by atoms with Gasteiger partial charge in [0.05, 0.1) is 29.1 Å². The fourth-order valence-corrected chi connectivity index (χ4v) is 4.33. The second kappa shape index (κ2) is 7.45. The van der Waals surface area contributed by atoms with Gasteiger partial charge in [-0.15, -0.1) is 0 Å². The Kier molecular flexibility index (Phi) is 4.73. The van der Waals surface area contributed by atoms with E-state index in [2.05, 4.69) is 0 Å². The number of hydrogen-bond donors (Lipinski definition) is 0. The first-order chi connectivity index (χ1) is 15.0. The summed E-state index contributed by atoms with van der Waals surface area (Å²) in [5.74, 6) is 0.0900. The van der Waals surface area contributed by atoms with E-state index in [4.69, 9.17) is 32.4 Å². The first-order valence-corrected chi connectivity index (χ1v) is 10.2. The highest BCUT2D eigenvalue weighted by atomic mass is 35.5. The van der Waals surface area contributed by atoms with E-state index < -0.39 is 11.9 Å². The van der Waals surface area contributed by atoms with Crippen LogP contribution in [0, 0.1) is 0 Å². The summed E-state index contributed by atoms with van der Waals surface area (Å²) in [5.41, 5.74) is 1.66. The Balaban J connectivity index is 1.79. The van der Waals surface area contributed by atoms with Crippen LogP contribution in [0.4, 0.5) is 5.69 Å². The average molecular weight is 452 g/mol. The fraction of sp³-hybridized carbons (Fsp3) is 0.0833. The Morgan fingerprint density at radius 3 is 2.42 bits per heavy atom. The van der Waals surface area contributed by atoms with Gasteiger partial charge in [-0.2, -0.15) is 0 Å². The highest BCUT2D eigenvalue weighted by Gasteiger charge is 2.43. The molecule has 1 amide bonds. The minimum atomic E-state index is -0.690. The number of hydrogen-bond acceptors (Lipinski definition) is 4. The van der Waals surface area contributed by atoms with Crippen molar-refractivity contribution in [1.82, 2.24) is 0 Å². The second-order valence-corrected chi connectivity index (χ2v) is 7.96. The van der Waals surface area contributed by atoms with Crippen LogP contribution in [0.1, 0.15) is 27.7 Å². The van der Waals surface area contributed by atoms with Crippen LogP contribution < -0.4 is 15.1 Å². The maximum atomic E-state index is 13.5. The van der Waals surface area contributed by atoms with Crippen LogP contribution in [-0.2, 0) is 0 Å². The van der Waals surface area contributed by atoms with Crippen molar-refractivity contribution in [3.05, 3.63) is 104 Å². The van der Waals surface area contributed by atoms with Gasteiger partial charge in [0.25, 0.3) is 5.91 Å². The molecule has 0 saturated carbocycles. The number of carbonyl (C=O) groups excluding carboxylic acids is 1. The van der Waals surface area contributed by atoms with Gasteiger partial charge < -0.3 is 9.15 Å². The van der Waals surface area contributed by atoms with Crippen molar-refractivity contribution in [2.75, 3.05) is 12.0 Å². The number of amides is 1. The zero-order valence-electron chi connectivity index (χ0n) is 16.3. The van der Waals surface area contributed by atoms with Gasteiger partial charge in [-0.05, 0) is 48.0 Å². The molecular formula is C24H15Cl2NO4. The van der Waals surface area contributed by atoms with E-state index >= 15 is 0 Å². The standard InChI is InChI=1S/C24H15Cl2NO4/c1-30-19-11-10-15(12-17(19)26)27-21(13-6-8-14(25)9-7-13)20-22(28)16-4-2-3-5-18(16)31-23(20)24(27)29/h2-12,21H,1H3. The van der Waals surface area contributed by atoms with Crippen LogP contribution in [0.2, 0.25) is 10.0 Å². The lowest BCUT2D eigenvalue weighted by molar-refractivity contribution is 0.0971. The molecule has 4 aromatic rings. The fourth-order valence-electron chi connectivity index (χ4n) is 3.95. The van der Waals surface area contributed by atoms with Crippen LogP contribution >= 0.6 is 23.2 Å². The minimum absolute atomic E-state index is 0.0237. The van der Waals surface area contributed by atoms with E-state index in [0.717, 1.165) is 5.56 Å². The summed E-state index contributed by atoms with van der Waals surface area (Å²) in [6.45, 7) is 0. The van der Waals surface area contributed by atoms with Gasteiger partial charge in [-0.1, -0.05) is 47.5 Å². The molecule has 0 aliphatic carbocycles. The zero-order chi connectivity index (χ0) is 21.7. The van der Waals surface area contributed by atoms with E-state index in [0.29, 0.717) is 32.5 Å². The van der Waals surface area contributed by atoms with Crippen molar-refractivity contribution < 1.29 is 13.9 Å². The van der Waals surface area contributed by atoms with Gasteiger partial charge in [0.1, 0.15) is 11.3 Å². The summed E-state index contributed by atoms with van der Waals surface area (Å²) in [5, 5.41) is 1.32. The summed E-state index contributed by atoms with van der Waals surface area (Å²) in [6.07, 6.45) is 0. The van der Waals surface area contributed by atoms with Crippen LogP contribution in [0.15, 0.2) is 75.9 Å². The Hall–Kier alpha value is -3.28. The van der Waals surface area contributed by atoms with E-state index in [1.807, 2.05) is 0 Å².